The fourth-order valence-corrected chi connectivity index (χ4v) is 3.73. The summed E-state index contributed by atoms with van der Waals surface area (Å²) in [6.45, 7) is 2.37. The highest BCUT2D eigenvalue weighted by Gasteiger charge is 2.25. The molecule has 0 amide bonds. The molecule has 0 aliphatic heterocycles. The number of aryl methyl sites for hydroxylation is 2. The third-order valence-corrected chi connectivity index (χ3v) is 4.97. The Morgan fingerprint density at radius 1 is 1.07 bits per heavy atom. The second kappa shape index (κ2) is 3.62. The highest BCUT2D eigenvalue weighted by Crippen LogP contribution is 2.43. The van der Waals surface area contributed by atoms with Gasteiger partial charge in [-0.25, -0.2) is 0 Å². The Hall–Kier alpha value is -0.300. The van der Waals surface area contributed by atoms with Crippen molar-refractivity contribution in [1.82, 2.24) is 0 Å². The summed E-state index contributed by atoms with van der Waals surface area (Å²) in [6, 6.07) is 4.97. The highest BCUT2D eigenvalue weighted by atomic mass is 79.9. The molecule has 1 heteroatoms. The monoisotopic (exact) mass is 264 g/mol. The van der Waals surface area contributed by atoms with Crippen LogP contribution in [0.1, 0.15) is 59.2 Å². The first-order valence-corrected chi connectivity index (χ1v) is 6.97. The number of alkyl halides is 1. The summed E-state index contributed by atoms with van der Waals surface area (Å²) in [6.07, 6.45) is 6.60. The Bertz CT molecular complexity index is 358. The molecule has 0 radical (unpaired) electrons. The van der Waals surface area contributed by atoms with Crippen LogP contribution in [-0.4, -0.2) is 0 Å². The lowest BCUT2D eigenvalue weighted by atomic mass is 9.82. The summed E-state index contributed by atoms with van der Waals surface area (Å²) in [5.41, 5.74) is 6.44. The lowest BCUT2D eigenvalue weighted by Gasteiger charge is -2.27. The third kappa shape index (κ3) is 1.56. The number of hydrogen-bond acceptors (Lipinski definition) is 0. The van der Waals surface area contributed by atoms with Gasteiger partial charge in [-0.2, -0.15) is 0 Å². The molecule has 0 heterocycles. The van der Waals surface area contributed by atoms with Crippen LogP contribution in [0.4, 0.5) is 0 Å². The molecule has 1 aromatic carbocycles. The lowest BCUT2D eigenvalue weighted by molar-refractivity contribution is 0.586. The Kier molecular flexibility index (Phi) is 2.39. The molecule has 15 heavy (non-hydrogen) atoms. The minimum atomic E-state index is 0.606. The zero-order chi connectivity index (χ0) is 10.4. The molecular formula is C14H17Br. The van der Waals surface area contributed by atoms with Gasteiger partial charge >= 0.3 is 0 Å². The second-order valence-electron chi connectivity index (χ2n) is 5.05. The van der Waals surface area contributed by atoms with Gasteiger partial charge in [0.15, 0.2) is 0 Å². The predicted molar refractivity (Wildman–Crippen MR) is 67.8 cm³/mol. The van der Waals surface area contributed by atoms with E-state index in [9.17, 15) is 0 Å². The molecule has 2 aliphatic carbocycles. The van der Waals surface area contributed by atoms with Gasteiger partial charge < -0.3 is 0 Å². The molecule has 0 saturated carbocycles. The van der Waals surface area contributed by atoms with Crippen LogP contribution >= 0.6 is 15.9 Å². The summed E-state index contributed by atoms with van der Waals surface area (Å²) in [4.78, 5) is 0.606. The Morgan fingerprint density at radius 3 is 2.47 bits per heavy atom. The molecule has 80 valence electrons. The molecule has 0 aromatic heterocycles. The van der Waals surface area contributed by atoms with Crippen LogP contribution in [0.15, 0.2) is 12.1 Å². The van der Waals surface area contributed by atoms with Crippen LogP contribution in [-0.2, 0) is 12.8 Å². The molecule has 2 atom stereocenters. The van der Waals surface area contributed by atoms with E-state index in [4.69, 9.17) is 0 Å². The zero-order valence-electron chi connectivity index (χ0n) is 9.22. The molecule has 0 fully saturated rings. The Labute approximate surface area is 100 Å². The standard InChI is InChI=1S/C14H17Br/c1-9-5-6-14(15)13-8-11-4-2-3-10(11)7-12(9)13/h7-9,14H,2-6H2,1H3. The van der Waals surface area contributed by atoms with Gasteiger partial charge in [-0.05, 0) is 60.3 Å². The maximum absolute atomic E-state index is 3.82. The molecule has 2 unspecified atom stereocenters. The summed E-state index contributed by atoms with van der Waals surface area (Å²) in [7, 11) is 0. The Morgan fingerprint density at radius 2 is 1.73 bits per heavy atom. The third-order valence-electron chi connectivity index (χ3n) is 4.02. The van der Waals surface area contributed by atoms with Gasteiger partial charge in [0.2, 0.25) is 0 Å². The van der Waals surface area contributed by atoms with Crippen molar-refractivity contribution in [2.75, 3.05) is 0 Å². The summed E-state index contributed by atoms with van der Waals surface area (Å²) < 4.78 is 0. The number of fused-ring (bicyclic) bond motifs is 2. The average Bonchev–Trinajstić information content (AvgIpc) is 2.69. The fraction of sp³-hybridized carbons (Fsp3) is 0.571. The molecule has 2 aliphatic rings. The predicted octanol–water partition coefficient (Wildman–Crippen LogP) is 4.51. The summed E-state index contributed by atoms with van der Waals surface area (Å²) in [5.74, 6) is 0.764. The van der Waals surface area contributed by atoms with Crippen LogP contribution in [0.3, 0.4) is 0 Å². The first kappa shape index (κ1) is 9.89. The van der Waals surface area contributed by atoms with E-state index in [1.54, 1.807) is 22.3 Å². The van der Waals surface area contributed by atoms with E-state index in [1.807, 2.05) is 0 Å². The highest BCUT2D eigenvalue weighted by molar-refractivity contribution is 9.09. The van der Waals surface area contributed by atoms with Crippen LogP contribution < -0.4 is 0 Å². The number of rotatable bonds is 0. The maximum Gasteiger partial charge on any atom is 0.0398 e. The van der Waals surface area contributed by atoms with E-state index >= 15 is 0 Å². The van der Waals surface area contributed by atoms with Gasteiger partial charge in [0.1, 0.15) is 0 Å². The van der Waals surface area contributed by atoms with Gasteiger partial charge in [0.25, 0.3) is 0 Å². The minimum absolute atomic E-state index is 0.606. The molecule has 0 nitrogen and oxygen atoms in total. The summed E-state index contributed by atoms with van der Waals surface area (Å²) in [5, 5.41) is 0. The van der Waals surface area contributed by atoms with Crippen molar-refractivity contribution >= 4 is 15.9 Å². The second-order valence-corrected chi connectivity index (χ2v) is 6.15. The normalized spacial score (nSPS) is 28.7. The van der Waals surface area contributed by atoms with E-state index in [0.717, 1.165) is 5.92 Å². The van der Waals surface area contributed by atoms with E-state index in [1.165, 1.54) is 32.1 Å². The van der Waals surface area contributed by atoms with Crippen LogP contribution in [0, 0.1) is 0 Å². The average molecular weight is 265 g/mol. The SMILES string of the molecule is CC1CCC(Br)c2cc3c(cc21)CCC3. The van der Waals surface area contributed by atoms with Crippen molar-refractivity contribution in [2.24, 2.45) is 0 Å². The van der Waals surface area contributed by atoms with E-state index in [2.05, 4.69) is 35.0 Å². The molecule has 0 N–H and O–H groups in total. The molecule has 1 aromatic rings. The van der Waals surface area contributed by atoms with Crippen molar-refractivity contribution in [3.63, 3.8) is 0 Å². The quantitative estimate of drug-likeness (QED) is 0.605. The minimum Gasteiger partial charge on any atom is -0.0839 e. The number of halogens is 1. The zero-order valence-corrected chi connectivity index (χ0v) is 10.8. The van der Waals surface area contributed by atoms with Gasteiger partial charge in [0.05, 0.1) is 0 Å². The fourth-order valence-electron chi connectivity index (χ4n) is 3.07. The van der Waals surface area contributed by atoms with Gasteiger partial charge in [-0.1, -0.05) is 35.0 Å². The van der Waals surface area contributed by atoms with E-state index < -0.39 is 0 Å². The van der Waals surface area contributed by atoms with Crippen LogP contribution in [0.25, 0.3) is 0 Å². The topological polar surface area (TPSA) is 0 Å². The van der Waals surface area contributed by atoms with Crippen molar-refractivity contribution in [2.45, 2.75) is 49.8 Å². The molecule has 0 saturated heterocycles. The van der Waals surface area contributed by atoms with E-state index in [-0.39, 0.29) is 0 Å². The molecule has 0 bridgehead atoms. The van der Waals surface area contributed by atoms with Crippen molar-refractivity contribution in [3.05, 3.63) is 34.4 Å². The van der Waals surface area contributed by atoms with Crippen molar-refractivity contribution < 1.29 is 0 Å². The van der Waals surface area contributed by atoms with Gasteiger partial charge in [-0.3, -0.25) is 0 Å². The maximum atomic E-state index is 3.82. The smallest absolute Gasteiger partial charge is 0.0398 e. The van der Waals surface area contributed by atoms with Gasteiger partial charge in [0, 0.05) is 4.83 Å². The largest absolute Gasteiger partial charge is 0.0839 e. The first-order valence-electron chi connectivity index (χ1n) is 6.05. The van der Waals surface area contributed by atoms with E-state index in [0.29, 0.717) is 4.83 Å². The van der Waals surface area contributed by atoms with Gasteiger partial charge in [-0.15, -0.1) is 0 Å². The molecular weight excluding hydrogens is 248 g/mol. The van der Waals surface area contributed by atoms with Crippen molar-refractivity contribution in [3.8, 4) is 0 Å². The number of hydrogen-bond donors (Lipinski definition) is 0. The van der Waals surface area contributed by atoms with Crippen molar-refractivity contribution in [1.29, 1.82) is 0 Å². The number of benzene rings is 1. The summed E-state index contributed by atoms with van der Waals surface area (Å²) >= 11 is 3.82. The first-order chi connectivity index (χ1) is 7.25. The lowest BCUT2D eigenvalue weighted by Crippen LogP contribution is -2.10. The molecule has 3 rings (SSSR count). The van der Waals surface area contributed by atoms with Crippen LogP contribution in [0.5, 0.6) is 0 Å². The Balaban J connectivity index is 2.15. The molecule has 0 spiro atoms. The van der Waals surface area contributed by atoms with Crippen LogP contribution in [0.2, 0.25) is 0 Å².